The average Bonchev–Trinajstić information content (AvgIpc) is 3.21. The number of carboxylic acids is 1. The summed E-state index contributed by atoms with van der Waals surface area (Å²) < 4.78 is 42.6. The second-order valence-electron chi connectivity index (χ2n) is 6.20. The van der Waals surface area contributed by atoms with Crippen molar-refractivity contribution in [3.8, 4) is 28.5 Å². The minimum absolute atomic E-state index is 0.213. The predicted molar refractivity (Wildman–Crippen MR) is 105 cm³/mol. The molecule has 0 atom stereocenters. The Labute approximate surface area is 172 Å². The molecule has 11 heteroatoms. The van der Waals surface area contributed by atoms with E-state index in [1.807, 2.05) is 24.3 Å². The summed E-state index contributed by atoms with van der Waals surface area (Å²) in [7, 11) is 3.21. The first kappa shape index (κ1) is 21.7. The minimum atomic E-state index is -5.08. The van der Waals surface area contributed by atoms with Crippen LogP contribution in [0.2, 0.25) is 0 Å². The molecule has 2 heterocycles. The molecule has 4 aromatic rings. The number of halogens is 3. The summed E-state index contributed by atoms with van der Waals surface area (Å²) in [5.41, 5.74) is 2.36. The third kappa shape index (κ3) is 4.44. The summed E-state index contributed by atoms with van der Waals surface area (Å²) in [5, 5.41) is 26.5. The number of fused-ring (bicyclic) bond motifs is 3. The monoisotopic (exact) mass is 435 g/mol. The Morgan fingerprint density at radius 2 is 1.55 bits per heavy atom. The number of benzene rings is 2. The Balaban J connectivity index is 0.000000339. The molecular formula is C20H16F3N3O5. The van der Waals surface area contributed by atoms with Crippen molar-refractivity contribution in [1.29, 1.82) is 0 Å². The highest BCUT2D eigenvalue weighted by molar-refractivity contribution is 6.11. The number of nitrogens with zero attached hydrogens (tertiary/aromatic N) is 2. The maximum Gasteiger partial charge on any atom is 0.490 e. The first-order valence-corrected chi connectivity index (χ1v) is 8.64. The van der Waals surface area contributed by atoms with E-state index in [4.69, 9.17) is 24.4 Å². The molecule has 2 aromatic carbocycles. The number of aromatic amines is 1. The number of aliphatic carboxylic acids is 1. The molecule has 162 valence electrons. The lowest BCUT2D eigenvalue weighted by Crippen LogP contribution is -2.21. The molecular weight excluding hydrogens is 419 g/mol. The maximum absolute atomic E-state index is 10.6. The van der Waals surface area contributed by atoms with Crippen LogP contribution in [-0.2, 0) is 4.79 Å². The molecule has 0 fully saturated rings. The lowest BCUT2D eigenvalue weighted by molar-refractivity contribution is -0.192. The number of phenols is 1. The van der Waals surface area contributed by atoms with Crippen molar-refractivity contribution in [3.05, 3.63) is 42.6 Å². The van der Waals surface area contributed by atoms with Gasteiger partial charge in [-0.2, -0.15) is 18.3 Å². The first-order chi connectivity index (χ1) is 14.7. The standard InChI is InChI=1S/C18H15N3O3.C2HF3O2/c1-23-15-7-12-13(8-16(15)24-2)17(10-3-5-11(22)6-4-10)20-18-14(12)9-19-21-18;3-2(4,5)1(6)7/h3-9,22H,1-2H3,(H,19,20,21);(H,6,7). The molecule has 3 N–H and O–H groups in total. The number of alkyl halides is 3. The largest absolute Gasteiger partial charge is 0.508 e. The maximum atomic E-state index is 10.6. The number of aromatic nitrogens is 3. The quantitative estimate of drug-likeness (QED) is 0.443. The first-order valence-electron chi connectivity index (χ1n) is 8.64. The van der Waals surface area contributed by atoms with E-state index in [-0.39, 0.29) is 5.75 Å². The van der Waals surface area contributed by atoms with E-state index >= 15 is 0 Å². The minimum Gasteiger partial charge on any atom is -0.508 e. The van der Waals surface area contributed by atoms with Gasteiger partial charge in [0.2, 0.25) is 0 Å². The fourth-order valence-electron chi connectivity index (χ4n) is 2.87. The third-order valence-corrected chi connectivity index (χ3v) is 4.30. The predicted octanol–water partition coefficient (Wildman–Crippen LogP) is 4.13. The van der Waals surface area contributed by atoms with E-state index in [0.29, 0.717) is 17.1 Å². The van der Waals surface area contributed by atoms with Gasteiger partial charge in [-0.05, 0) is 36.4 Å². The molecule has 4 rings (SSSR count). The normalized spacial score (nSPS) is 11.1. The summed E-state index contributed by atoms with van der Waals surface area (Å²) in [6, 6.07) is 10.8. The lowest BCUT2D eigenvalue weighted by Gasteiger charge is -2.12. The summed E-state index contributed by atoms with van der Waals surface area (Å²) in [6.45, 7) is 0. The van der Waals surface area contributed by atoms with Gasteiger partial charge in [0.1, 0.15) is 5.75 Å². The van der Waals surface area contributed by atoms with Crippen LogP contribution >= 0.6 is 0 Å². The highest BCUT2D eigenvalue weighted by atomic mass is 19.4. The molecule has 0 unspecified atom stereocenters. The molecule has 0 spiro atoms. The number of ether oxygens (including phenoxy) is 2. The number of methoxy groups -OCH3 is 2. The van der Waals surface area contributed by atoms with Crippen LogP contribution in [0.4, 0.5) is 13.2 Å². The highest BCUT2D eigenvalue weighted by Gasteiger charge is 2.38. The molecule has 0 aliphatic heterocycles. The summed E-state index contributed by atoms with van der Waals surface area (Å²) >= 11 is 0. The van der Waals surface area contributed by atoms with Gasteiger partial charge in [0.15, 0.2) is 17.1 Å². The average molecular weight is 435 g/mol. The van der Waals surface area contributed by atoms with Crippen LogP contribution in [-0.4, -0.2) is 51.8 Å². The van der Waals surface area contributed by atoms with Gasteiger partial charge in [-0.25, -0.2) is 9.78 Å². The number of nitrogens with one attached hydrogen (secondary N) is 1. The fourth-order valence-corrected chi connectivity index (χ4v) is 2.87. The zero-order valence-electron chi connectivity index (χ0n) is 16.2. The second-order valence-corrected chi connectivity index (χ2v) is 6.20. The number of phenolic OH excluding ortho intramolecular Hbond substituents is 1. The van der Waals surface area contributed by atoms with Gasteiger partial charge in [0.05, 0.1) is 26.1 Å². The van der Waals surface area contributed by atoms with Gasteiger partial charge < -0.3 is 19.7 Å². The molecule has 0 saturated heterocycles. The number of rotatable bonds is 3. The van der Waals surface area contributed by atoms with Crippen LogP contribution in [0, 0.1) is 0 Å². The smallest absolute Gasteiger partial charge is 0.490 e. The molecule has 31 heavy (non-hydrogen) atoms. The van der Waals surface area contributed by atoms with Gasteiger partial charge in [0.25, 0.3) is 0 Å². The fraction of sp³-hybridized carbons (Fsp3) is 0.150. The van der Waals surface area contributed by atoms with Crippen molar-refractivity contribution in [2.24, 2.45) is 0 Å². The number of hydrogen-bond donors (Lipinski definition) is 3. The Morgan fingerprint density at radius 1 is 1.00 bits per heavy atom. The van der Waals surface area contributed by atoms with Crippen molar-refractivity contribution in [2.75, 3.05) is 14.2 Å². The zero-order valence-corrected chi connectivity index (χ0v) is 16.2. The van der Waals surface area contributed by atoms with E-state index < -0.39 is 12.1 Å². The molecule has 0 radical (unpaired) electrons. The van der Waals surface area contributed by atoms with Crippen molar-refractivity contribution in [3.63, 3.8) is 0 Å². The van der Waals surface area contributed by atoms with Gasteiger partial charge >= 0.3 is 12.1 Å². The molecule has 2 aromatic heterocycles. The number of pyridine rings is 1. The Hall–Kier alpha value is -4.02. The Morgan fingerprint density at radius 3 is 2.06 bits per heavy atom. The number of carbonyl (C=O) groups is 1. The van der Waals surface area contributed by atoms with Crippen LogP contribution in [0.5, 0.6) is 17.2 Å². The van der Waals surface area contributed by atoms with Crippen LogP contribution < -0.4 is 9.47 Å². The van der Waals surface area contributed by atoms with Crippen molar-refractivity contribution < 1.29 is 37.7 Å². The van der Waals surface area contributed by atoms with E-state index in [2.05, 4.69) is 10.2 Å². The van der Waals surface area contributed by atoms with E-state index in [9.17, 15) is 18.3 Å². The Kier molecular flexibility index (Phi) is 5.86. The van der Waals surface area contributed by atoms with E-state index in [1.165, 1.54) is 0 Å². The van der Waals surface area contributed by atoms with Crippen LogP contribution in [0.1, 0.15) is 0 Å². The van der Waals surface area contributed by atoms with Crippen LogP contribution in [0.15, 0.2) is 42.6 Å². The third-order valence-electron chi connectivity index (χ3n) is 4.30. The SMILES string of the molecule is COc1cc2c(-c3ccc(O)cc3)nc3[nH]ncc3c2cc1OC.O=C(O)C(F)(F)F. The van der Waals surface area contributed by atoms with Crippen molar-refractivity contribution in [2.45, 2.75) is 6.18 Å². The lowest BCUT2D eigenvalue weighted by atomic mass is 10.0. The van der Waals surface area contributed by atoms with Crippen molar-refractivity contribution in [1.82, 2.24) is 15.2 Å². The van der Waals surface area contributed by atoms with Gasteiger partial charge in [-0.3, -0.25) is 5.10 Å². The van der Waals surface area contributed by atoms with E-state index in [1.54, 1.807) is 32.5 Å². The molecule has 8 nitrogen and oxygen atoms in total. The van der Waals surface area contributed by atoms with Crippen LogP contribution in [0.3, 0.4) is 0 Å². The second kappa shape index (κ2) is 8.38. The zero-order chi connectivity index (χ0) is 22.8. The molecule has 0 aliphatic carbocycles. The molecule has 0 aliphatic rings. The molecule has 0 amide bonds. The highest BCUT2D eigenvalue weighted by Crippen LogP contribution is 2.39. The summed E-state index contributed by atoms with van der Waals surface area (Å²) in [6.07, 6.45) is -3.34. The van der Waals surface area contributed by atoms with Gasteiger partial charge in [-0.15, -0.1) is 0 Å². The molecule has 0 saturated carbocycles. The molecule has 0 bridgehead atoms. The summed E-state index contributed by atoms with van der Waals surface area (Å²) in [4.78, 5) is 13.6. The Bertz CT molecular complexity index is 1240. The van der Waals surface area contributed by atoms with Crippen molar-refractivity contribution >= 4 is 27.8 Å². The van der Waals surface area contributed by atoms with Gasteiger partial charge in [-0.1, -0.05) is 0 Å². The number of aromatic hydroxyl groups is 1. The number of carboxylic acid groups (broad SMARTS) is 1. The van der Waals surface area contributed by atoms with Gasteiger partial charge in [0, 0.05) is 21.7 Å². The topological polar surface area (TPSA) is 118 Å². The van der Waals surface area contributed by atoms with E-state index in [0.717, 1.165) is 27.4 Å². The number of hydrogen-bond acceptors (Lipinski definition) is 6. The summed E-state index contributed by atoms with van der Waals surface area (Å²) in [5.74, 6) is -1.26. The van der Waals surface area contributed by atoms with Crippen LogP contribution in [0.25, 0.3) is 33.1 Å². The number of H-pyrrole nitrogens is 1.